The lowest BCUT2D eigenvalue weighted by molar-refractivity contribution is -0.110. The summed E-state index contributed by atoms with van der Waals surface area (Å²) in [6, 6.07) is 1.33. The zero-order chi connectivity index (χ0) is 18.0. The topological polar surface area (TPSA) is 73.6 Å². The summed E-state index contributed by atoms with van der Waals surface area (Å²) in [5.41, 5.74) is -0.311. The number of rotatable bonds is 7. The van der Waals surface area contributed by atoms with Crippen LogP contribution in [0.4, 0.5) is 14.6 Å². The van der Waals surface area contributed by atoms with Crippen LogP contribution in [0.1, 0.15) is 38.0 Å². The van der Waals surface area contributed by atoms with Crippen molar-refractivity contribution in [1.82, 2.24) is 5.16 Å². The monoisotopic (exact) mass is 372 g/mol. The molecule has 1 N–H and O–H groups in total. The predicted octanol–water partition coefficient (Wildman–Crippen LogP) is 3.58. The summed E-state index contributed by atoms with van der Waals surface area (Å²) in [5.74, 6) is -1.92. The van der Waals surface area contributed by atoms with Gasteiger partial charge < -0.3 is 19.3 Å². The van der Waals surface area contributed by atoms with Crippen LogP contribution in [0.2, 0.25) is 0 Å². The van der Waals surface area contributed by atoms with E-state index in [4.69, 9.17) is 14.0 Å². The average molecular weight is 372 g/mol. The summed E-state index contributed by atoms with van der Waals surface area (Å²) < 4.78 is 44.0. The summed E-state index contributed by atoms with van der Waals surface area (Å²) in [6.45, 7) is 2.57. The van der Waals surface area contributed by atoms with Crippen molar-refractivity contribution in [1.29, 1.82) is 0 Å². The Balaban J connectivity index is 1.92. The zero-order valence-corrected chi connectivity index (χ0v) is 14.4. The Labute approximate surface area is 148 Å². The Bertz CT molecular complexity index is 777. The summed E-state index contributed by atoms with van der Waals surface area (Å²) in [6.07, 6.45) is 0.590. The lowest BCUT2D eigenvalue weighted by Crippen LogP contribution is -2.19. The van der Waals surface area contributed by atoms with Gasteiger partial charge in [-0.25, -0.2) is 4.39 Å². The van der Waals surface area contributed by atoms with Crippen LogP contribution in [0.5, 0.6) is 0 Å². The third-order valence-corrected chi connectivity index (χ3v) is 4.31. The van der Waals surface area contributed by atoms with E-state index in [1.54, 1.807) is 0 Å². The van der Waals surface area contributed by atoms with Crippen molar-refractivity contribution >= 4 is 34.5 Å². The largest absolute Gasteiger partial charge is 0.364 e. The first-order valence-corrected chi connectivity index (χ1v) is 8.44. The standard InChI is InChI=1S/C16H18F2N2O4S/c1-2-8(3-4-11(21)25)19-15-10-7-9(16-22-5-6-23-16)12(17)13(18)14(10)24-20-15/h7-8,16H,2-6H2,1H3,(H,19,20)(H,21,25)/t8-/m1/s1. The van der Waals surface area contributed by atoms with Crippen molar-refractivity contribution in [2.24, 2.45) is 0 Å². The number of carbonyl (C=O) groups excluding carboxylic acids is 1. The normalized spacial score (nSPS) is 16.5. The Morgan fingerprint density at radius 3 is 2.76 bits per heavy atom. The maximum Gasteiger partial charge on any atom is 0.207 e. The van der Waals surface area contributed by atoms with Crippen molar-refractivity contribution in [2.45, 2.75) is 38.5 Å². The molecule has 25 heavy (non-hydrogen) atoms. The van der Waals surface area contributed by atoms with Crippen molar-refractivity contribution < 1.29 is 27.6 Å². The minimum Gasteiger partial charge on any atom is -0.364 e. The average Bonchev–Trinajstić information content (AvgIpc) is 3.24. The minimum absolute atomic E-state index is 0.0349. The van der Waals surface area contributed by atoms with Crippen molar-refractivity contribution in [3.05, 3.63) is 23.3 Å². The van der Waals surface area contributed by atoms with E-state index in [0.717, 1.165) is 0 Å². The van der Waals surface area contributed by atoms with Gasteiger partial charge in [-0.1, -0.05) is 12.1 Å². The molecule has 0 radical (unpaired) electrons. The fraction of sp³-hybridized carbons (Fsp3) is 0.500. The van der Waals surface area contributed by atoms with E-state index < -0.39 is 17.9 Å². The van der Waals surface area contributed by atoms with Crippen LogP contribution < -0.4 is 5.32 Å². The van der Waals surface area contributed by atoms with E-state index in [-0.39, 0.29) is 28.1 Å². The highest BCUT2D eigenvalue weighted by molar-refractivity contribution is 7.96. The molecular weight excluding hydrogens is 354 g/mol. The number of hydrogen-bond donors (Lipinski definition) is 2. The van der Waals surface area contributed by atoms with Gasteiger partial charge in [0.15, 0.2) is 23.0 Å². The van der Waals surface area contributed by atoms with Crippen LogP contribution in [0, 0.1) is 11.6 Å². The Morgan fingerprint density at radius 1 is 1.40 bits per heavy atom. The Hall–Kier alpha value is -1.71. The third kappa shape index (κ3) is 3.78. The highest BCUT2D eigenvalue weighted by atomic mass is 32.1. The third-order valence-electron chi connectivity index (χ3n) is 4.09. The van der Waals surface area contributed by atoms with E-state index in [0.29, 0.717) is 37.9 Å². The first-order valence-electron chi connectivity index (χ1n) is 8.00. The molecule has 1 atom stereocenters. The molecule has 0 spiro atoms. The number of anilines is 1. The number of ether oxygens (including phenoxy) is 2. The zero-order valence-electron chi connectivity index (χ0n) is 13.6. The fourth-order valence-corrected chi connectivity index (χ4v) is 2.85. The number of aromatic nitrogens is 1. The van der Waals surface area contributed by atoms with Gasteiger partial charge >= 0.3 is 0 Å². The molecule has 2 aromatic rings. The van der Waals surface area contributed by atoms with E-state index in [1.807, 2.05) is 6.92 Å². The second-order valence-corrected chi connectivity index (χ2v) is 6.26. The van der Waals surface area contributed by atoms with Crippen LogP contribution in [0.15, 0.2) is 10.6 Å². The number of thiol groups is 1. The molecule has 1 aliphatic rings. The molecule has 1 aromatic carbocycles. The molecule has 1 aliphatic heterocycles. The number of hydrogen-bond acceptors (Lipinski definition) is 6. The molecule has 9 heteroatoms. The SMILES string of the molecule is CC[C@H](CCC(=O)S)Nc1noc2c(F)c(F)c(C3OCCO3)cc12. The van der Waals surface area contributed by atoms with Gasteiger partial charge in [0, 0.05) is 18.0 Å². The molecule has 0 saturated carbocycles. The van der Waals surface area contributed by atoms with E-state index in [9.17, 15) is 13.6 Å². The van der Waals surface area contributed by atoms with Crippen molar-refractivity contribution in [3.8, 4) is 0 Å². The molecule has 0 bridgehead atoms. The number of benzene rings is 1. The van der Waals surface area contributed by atoms with Gasteiger partial charge in [0.25, 0.3) is 0 Å². The molecule has 0 amide bonds. The summed E-state index contributed by atoms with van der Waals surface area (Å²) in [5, 5.41) is 6.99. The van der Waals surface area contributed by atoms with E-state index >= 15 is 0 Å². The molecule has 0 unspecified atom stereocenters. The molecule has 2 heterocycles. The lowest BCUT2D eigenvalue weighted by atomic mass is 10.1. The van der Waals surface area contributed by atoms with E-state index in [1.165, 1.54) is 6.07 Å². The van der Waals surface area contributed by atoms with Crippen molar-refractivity contribution in [3.63, 3.8) is 0 Å². The fourth-order valence-electron chi connectivity index (χ4n) is 2.72. The Morgan fingerprint density at radius 2 is 2.12 bits per heavy atom. The minimum atomic E-state index is -1.13. The number of halogens is 2. The second kappa shape index (κ2) is 7.67. The lowest BCUT2D eigenvalue weighted by Gasteiger charge is -2.16. The molecule has 6 nitrogen and oxygen atoms in total. The van der Waals surface area contributed by atoms with Gasteiger partial charge in [-0.3, -0.25) is 4.79 Å². The number of carbonyl (C=O) groups is 1. The van der Waals surface area contributed by atoms with Crippen LogP contribution in [-0.4, -0.2) is 29.5 Å². The van der Waals surface area contributed by atoms with Crippen LogP contribution in [0.3, 0.4) is 0 Å². The maximum atomic E-state index is 14.3. The molecule has 1 aromatic heterocycles. The molecule has 136 valence electrons. The van der Waals surface area contributed by atoms with Gasteiger partial charge in [0.2, 0.25) is 11.4 Å². The number of nitrogens with one attached hydrogen (secondary N) is 1. The summed E-state index contributed by atoms with van der Waals surface area (Å²) >= 11 is 3.75. The van der Waals surface area contributed by atoms with E-state index in [2.05, 4.69) is 23.1 Å². The molecule has 1 fully saturated rings. The highest BCUT2D eigenvalue weighted by Gasteiger charge is 2.28. The van der Waals surface area contributed by atoms with Crippen LogP contribution in [0.25, 0.3) is 11.0 Å². The quantitative estimate of drug-likeness (QED) is 0.724. The van der Waals surface area contributed by atoms with Crippen molar-refractivity contribution in [2.75, 3.05) is 18.5 Å². The van der Waals surface area contributed by atoms with Gasteiger partial charge in [0.1, 0.15) is 0 Å². The summed E-state index contributed by atoms with van der Waals surface area (Å²) in [7, 11) is 0. The predicted molar refractivity (Wildman–Crippen MR) is 89.5 cm³/mol. The molecule has 1 saturated heterocycles. The van der Waals surface area contributed by atoms with Gasteiger partial charge in [-0.05, 0) is 18.9 Å². The number of fused-ring (bicyclic) bond motifs is 1. The van der Waals surface area contributed by atoms with Crippen LogP contribution in [-0.2, 0) is 14.3 Å². The molecule has 3 rings (SSSR count). The smallest absolute Gasteiger partial charge is 0.207 e. The highest BCUT2D eigenvalue weighted by Crippen LogP contribution is 2.35. The second-order valence-electron chi connectivity index (χ2n) is 5.76. The molecular formula is C16H18F2N2O4S. The first-order chi connectivity index (χ1) is 12.0. The number of nitrogens with zero attached hydrogens (tertiary/aromatic N) is 1. The van der Waals surface area contributed by atoms with Crippen LogP contribution >= 0.6 is 12.6 Å². The first kappa shape index (κ1) is 18.1. The molecule has 0 aliphatic carbocycles. The Kier molecular flexibility index (Phi) is 5.55. The van der Waals surface area contributed by atoms with Gasteiger partial charge in [0.05, 0.1) is 18.6 Å². The van der Waals surface area contributed by atoms with Gasteiger partial charge in [-0.2, -0.15) is 4.39 Å². The van der Waals surface area contributed by atoms with Gasteiger partial charge in [-0.15, -0.1) is 12.6 Å². The summed E-state index contributed by atoms with van der Waals surface area (Å²) in [4.78, 5) is 11.0. The maximum absolute atomic E-state index is 14.3.